The van der Waals surface area contributed by atoms with Crippen LogP contribution in [0.5, 0.6) is 11.5 Å². The van der Waals surface area contributed by atoms with Gasteiger partial charge in [0.15, 0.2) is 11.5 Å². The summed E-state index contributed by atoms with van der Waals surface area (Å²) in [6.07, 6.45) is 3.12. The molecule has 0 atom stereocenters. The number of methoxy groups -OCH3 is 1. The Morgan fingerprint density at radius 1 is 1.21 bits per heavy atom. The standard InChI is InChI=1S/C18H26N2O4/c1-12(2)20(11-17(19)21)18(22)9-7-14-6-8-15(24-13(3)4)16(10-14)23-5/h6-10,12-13H,11H2,1-5H3,(H2,19,21)/b9-7-. The van der Waals surface area contributed by atoms with Gasteiger partial charge in [0, 0.05) is 12.1 Å². The van der Waals surface area contributed by atoms with Gasteiger partial charge in [-0.05, 0) is 51.5 Å². The van der Waals surface area contributed by atoms with Crippen LogP contribution in [-0.4, -0.2) is 42.5 Å². The zero-order valence-corrected chi connectivity index (χ0v) is 14.9. The maximum absolute atomic E-state index is 12.2. The largest absolute Gasteiger partial charge is 0.493 e. The van der Waals surface area contributed by atoms with Crippen LogP contribution in [0, 0.1) is 0 Å². The Balaban J connectivity index is 2.92. The average molecular weight is 334 g/mol. The third-order valence-electron chi connectivity index (χ3n) is 3.20. The Morgan fingerprint density at radius 2 is 1.88 bits per heavy atom. The quantitative estimate of drug-likeness (QED) is 0.739. The number of hydrogen-bond donors (Lipinski definition) is 1. The number of carbonyl (C=O) groups excluding carboxylic acids is 2. The number of hydrogen-bond acceptors (Lipinski definition) is 4. The van der Waals surface area contributed by atoms with Gasteiger partial charge in [-0.1, -0.05) is 6.07 Å². The lowest BCUT2D eigenvalue weighted by atomic mass is 10.1. The van der Waals surface area contributed by atoms with Crippen molar-refractivity contribution in [1.29, 1.82) is 0 Å². The molecule has 0 aliphatic carbocycles. The van der Waals surface area contributed by atoms with E-state index in [9.17, 15) is 9.59 Å². The molecule has 0 saturated carbocycles. The molecule has 0 aliphatic heterocycles. The van der Waals surface area contributed by atoms with Crippen LogP contribution in [0.4, 0.5) is 0 Å². The fourth-order valence-corrected chi connectivity index (χ4v) is 2.09. The molecule has 0 heterocycles. The van der Waals surface area contributed by atoms with Crippen molar-refractivity contribution in [2.75, 3.05) is 13.7 Å². The first-order chi connectivity index (χ1) is 11.2. The maximum atomic E-state index is 12.2. The average Bonchev–Trinajstić information content (AvgIpc) is 2.50. The molecule has 2 amide bonds. The molecule has 1 rings (SSSR count). The van der Waals surface area contributed by atoms with E-state index in [-0.39, 0.29) is 24.6 Å². The van der Waals surface area contributed by atoms with Crippen molar-refractivity contribution in [3.05, 3.63) is 29.8 Å². The minimum atomic E-state index is -0.540. The third kappa shape index (κ3) is 5.95. The fraction of sp³-hybridized carbons (Fsp3) is 0.444. The van der Waals surface area contributed by atoms with Crippen LogP contribution in [0.3, 0.4) is 0 Å². The summed E-state index contributed by atoms with van der Waals surface area (Å²) in [6.45, 7) is 7.42. The first-order valence-electron chi connectivity index (χ1n) is 7.86. The SMILES string of the molecule is COc1cc(/C=C\C(=O)N(CC(N)=O)C(C)C)ccc1OC(C)C. The molecule has 1 aromatic carbocycles. The molecular formula is C18H26N2O4. The normalized spacial score (nSPS) is 11.1. The van der Waals surface area contributed by atoms with E-state index in [1.165, 1.54) is 11.0 Å². The van der Waals surface area contributed by atoms with Crippen LogP contribution in [0.2, 0.25) is 0 Å². The van der Waals surface area contributed by atoms with Gasteiger partial charge in [0.1, 0.15) is 0 Å². The highest BCUT2D eigenvalue weighted by atomic mass is 16.5. The molecule has 0 fully saturated rings. The molecule has 0 aliphatic rings. The van der Waals surface area contributed by atoms with Crippen LogP contribution >= 0.6 is 0 Å². The number of benzene rings is 1. The van der Waals surface area contributed by atoms with E-state index in [2.05, 4.69) is 0 Å². The van der Waals surface area contributed by atoms with E-state index in [0.29, 0.717) is 11.5 Å². The number of rotatable bonds is 8. The number of ether oxygens (including phenoxy) is 2. The number of amides is 2. The van der Waals surface area contributed by atoms with Gasteiger partial charge in [-0.2, -0.15) is 0 Å². The topological polar surface area (TPSA) is 81.9 Å². The van der Waals surface area contributed by atoms with E-state index < -0.39 is 5.91 Å². The van der Waals surface area contributed by atoms with Crippen molar-refractivity contribution in [1.82, 2.24) is 4.90 Å². The van der Waals surface area contributed by atoms with Crippen LogP contribution < -0.4 is 15.2 Å². The molecular weight excluding hydrogens is 308 g/mol. The first kappa shape index (κ1) is 19.5. The zero-order valence-electron chi connectivity index (χ0n) is 14.9. The summed E-state index contributed by atoms with van der Waals surface area (Å²) in [7, 11) is 1.56. The summed E-state index contributed by atoms with van der Waals surface area (Å²) in [5, 5.41) is 0. The number of carbonyl (C=O) groups is 2. The van der Waals surface area contributed by atoms with Crippen molar-refractivity contribution in [2.45, 2.75) is 39.8 Å². The Labute approximate surface area is 143 Å². The van der Waals surface area contributed by atoms with E-state index in [1.807, 2.05) is 33.8 Å². The molecule has 0 aromatic heterocycles. The fourth-order valence-electron chi connectivity index (χ4n) is 2.09. The van der Waals surface area contributed by atoms with Crippen molar-refractivity contribution in [2.24, 2.45) is 5.73 Å². The Hall–Kier alpha value is -2.50. The van der Waals surface area contributed by atoms with Crippen molar-refractivity contribution >= 4 is 17.9 Å². The summed E-state index contributed by atoms with van der Waals surface area (Å²) >= 11 is 0. The van der Waals surface area contributed by atoms with E-state index in [1.54, 1.807) is 25.3 Å². The van der Waals surface area contributed by atoms with Gasteiger partial charge in [-0.15, -0.1) is 0 Å². The molecule has 132 valence electrons. The molecule has 24 heavy (non-hydrogen) atoms. The van der Waals surface area contributed by atoms with Gasteiger partial charge in [-0.3, -0.25) is 9.59 Å². The van der Waals surface area contributed by atoms with Crippen molar-refractivity contribution < 1.29 is 19.1 Å². The second kappa shape index (κ2) is 8.96. The lowest BCUT2D eigenvalue weighted by Crippen LogP contribution is -2.41. The van der Waals surface area contributed by atoms with Crippen molar-refractivity contribution in [3.63, 3.8) is 0 Å². The minimum Gasteiger partial charge on any atom is -0.493 e. The van der Waals surface area contributed by atoms with Gasteiger partial charge in [0.2, 0.25) is 11.8 Å². The highest BCUT2D eigenvalue weighted by Gasteiger charge is 2.16. The van der Waals surface area contributed by atoms with Gasteiger partial charge < -0.3 is 20.1 Å². The second-order valence-corrected chi connectivity index (χ2v) is 5.94. The molecule has 1 aromatic rings. The molecule has 0 radical (unpaired) electrons. The molecule has 0 spiro atoms. The van der Waals surface area contributed by atoms with Gasteiger partial charge in [0.25, 0.3) is 0 Å². The summed E-state index contributed by atoms with van der Waals surface area (Å²) in [5.41, 5.74) is 5.97. The lowest BCUT2D eigenvalue weighted by Gasteiger charge is -2.23. The van der Waals surface area contributed by atoms with Crippen molar-refractivity contribution in [3.8, 4) is 11.5 Å². The predicted molar refractivity (Wildman–Crippen MR) is 93.8 cm³/mol. The zero-order chi connectivity index (χ0) is 18.3. The van der Waals surface area contributed by atoms with Crippen LogP contribution in [0.1, 0.15) is 33.3 Å². The molecule has 0 unspecified atom stereocenters. The number of primary amides is 1. The van der Waals surface area contributed by atoms with E-state index in [4.69, 9.17) is 15.2 Å². The summed E-state index contributed by atoms with van der Waals surface area (Å²) in [6, 6.07) is 5.30. The van der Waals surface area contributed by atoms with E-state index >= 15 is 0 Å². The smallest absolute Gasteiger partial charge is 0.247 e. The first-order valence-corrected chi connectivity index (χ1v) is 7.86. The number of nitrogens with zero attached hydrogens (tertiary/aromatic N) is 1. The molecule has 6 heteroatoms. The summed E-state index contributed by atoms with van der Waals surface area (Å²) < 4.78 is 11.0. The minimum absolute atomic E-state index is 0.0373. The van der Waals surface area contributed by atoms with Gasteiger partial charge in [0.05, 0.1) is 19.8 Å². The highest BCUT2D eigenvalue weighted by Crippen LogP contribution is 2.29. The molecule has 6 nitrogen and oxygen atoms in total. The second-order valence-electron chi connectivity index (χ2n) is 5.94. The predicted octanol–water partition coefficient (Wildman–Crippen LogP) is 2.22. The summed E-state index contributed by atoms with van der Waals surface area (Å²) in [5.74, 6) is 0.428. The molecule has 0 saturated heterocycles. The van der Waals surface area contributed by atoms with Crippen LogP contribution in [0.15, 0.2) is 24.3 Å². The van der Waals surface area contributed by atoms with Gasteiger partial charge >= 0.3 is 0 Å². The molecule has 2 N–H and O–H groups in total. The van der Waals surface area contributed by atoms with Gasteiger partial charge in [-0.25, -0.2) is 0 Å². The Bertz CT molecular complexity index is 609. The Morgan fingerprint density at radius 3 is 2.38 bits per heavy atom. The monoisotopic (exact) mass is 334 g/mol. The highest BCUT2D eigenvalue weighted by molar-refractivity contribution is 5.94. The maximum Gasteiger partial charge on any atom is 0.247 e. The third-order valence-corrected chi connectivity index (χ3v) is 3.20. The Kier molecular flexibility index (Phi) is 7.30. The summed E-state index contributed by atoms with van der Waals surface area (Å²) in [4.78, 5) is 24.7. The van der Waals surface area contributed by atoms with Crippen LogP contribution in [0.25, 0.3) is 6.08 Å². The molecule has 0 bridgehead atoms. The number of nitrogens with two attached hydrogens (primary N) is 1. The lowest BCUT2D eigenvalue weighted by molar-refractivity contribution is -0.132. The van der Waals surface area contributed by atoms with E-state index in [0.717, 1.165) is 5.56 Å². The van der Waals surface area contributed by atoms with Crippen LogP contribution in [-0.2, 0) is 9.59 Å².